The Morgan fingerprint density at radius 2 is 2.00 bits per heavy atom. The van der Waals surface area contributed by atoms with Crippen molar-refractivity contribution >= 4 is 11.8 Å². The summed E-state index contributed by atoms with van der Waals surface area (Å²) in [5, 5.41) is 0. The van der Waals surface area contributed by atoms with Crippen LogP contribution >= 0.6 is 0 Å². The van der Waals surface area contributed by atoms with Crippen LogP contribution in [0.2, 0.25) is 0 Å². The van der Waals surface area contributed by atoms with E-state index in [1.807, 2.05) is 0 Å². The largest absolute Gasteiger partial charge is 0.379 e. The molecule has 2 amide bonds. The lowest BCUT2D eigenvalue weighted by Crippen LogP contribution is -2.30. The van der Waals surface area contributed by atoms with Crippen molar-refractivity contribution < 1.29 is 14.3 Å². The first-order chi connectivity index (χ1) is 10.6. The quantitative estimate of drug-likeness (QED) is 0.844. The van der Waals surface area contributed by atoms with Gasteiger partial charge in [-0.05, 0) is 12.8 Å². The van der Waals surface area contributed by atoms with Crippen molar-refractivity contribution in [2.45, 2.75) is 31.3 Å². The molecule has 0 radical (unpaired) electrons. The minimum Gasteiger partial charge on any atom is -0.379 e. The summed E-state index contributed by atoms with van der Waals surface area (Å²) < 4.78 is 5.37. The summed E-state index contributed by atoms with van der Waals surface area (Å²) in [7, 11) is 1.58. The van der Waals surface area contributed by atoms with E-state index in [1.165, 1.54) is 0 Å². The van der Waals surface area contributed by atoms with E-state index in [0.29, 0.717) is 24.6 Å². The highest BCUT2D eigenvalue weighted by atomic mass is 16.5. The van der Waals surface area contributed by atoms with Crippen LogP contribution in [0.4, 0.5) is 0 Å². The molecule has 0 bridgehead atoms. The molecular formula is C15H20N4O3. The summed E-state index contributed by atoms with van der Waals surface area (Å²) in [5.41, 5.74) is 5.73. The van der Waals surface area contributed by atoms with Gasteiger partial charge < -0.3 is 15.4 Å². The number of carbonyl (C=O) groups is 2. The molecule has 2 aliphatic rings. The van der Waals surface area contributed by atoms with Gasteiger partial charge in [0.05, 0.1) is 11.7 Å². The average molecular weight is 304 g/mol. The van der Waals surface area contributed by atoms with Crippen LogP contribution in [0.25, 0.3) is 0 Å². The fourth-order valence-corrected chi connectivity index (χ4v) is 2.91. The first-order valence-corrected chi connectivity index (χ1v) is 7.50. The zero-order valence-corrected chi connectivity index (χ0v) is 12.6. The lowest BCUT2D eigenvalue weighted by molar-refractivity contribution is -0.119. The van der Waals surface area contributed by atoms with Gasteiger partial charge in [-0.15, -0.1) is 0 Å². The first-order valence-electron chi connectivity index (χ1n) is 7.50. The number of hydrogen-bond donors (Lipinski definition) is 1. The van der Waals surface area contributed by atoms with Crippen molar-refractivity contribution in [1.29, 1.82) is 0 Å². The molecule has 1 aliphatic carbocycles. The third kappa shape index (κ3) is 3.09. The molecule has 2 fully saturated rings. The molecule has 1 aliphatic heterocycles. The molecule has 1 saturated heterocycles. The van der Waals surface area contributed by atoms with Gasteiger partial charge in [0.1, 0.15) is 5.82 Å². The predicted molar refractivity (Wildman–Crippen MR) is 78.0 cm³/mol. The van der Waals surface area contributed by atoms with Crippen LogP contribution in [-0.4, -0.2) is 53.0 Å². The maximum atomic E-state index is 12.5. The zero-order chi connectivity index (χ0) is 15.7. The molecule has 2 heterocycles. The van der Waals surface area contributed by atoms with Gasteiger partial charge in [-0.2, -0.15) is 0 Å². The summed E-state index contributed by atoms with van der Waals surface area (Å²) in [6.07, 6.45) is 5.49. The summed E-state index contributed by atoms with van der Waals surface area (Å²) in [6, 6.07) is 0. The smallest absolute Gasteiger partial charge is 0.257 e. The van der Waals surface area contributed by atoms with Crippen LogP contribution in [0.1, 0.15) is 41.4 Å². The second-order valence-corrected chi connectivity index (χ2v) is 6.02. The van der Waals surface area contributed by atoms with Gasteiger partial charge in [-0.1, -0.05) is 0 Å². The predicted octanol–water partition coefficient (Wildman–Crippen LogP) is 0.316. The molecule has 0 unspecified atom stereocenters. The molecule has 7 nitrogen and oxygen atoms in total. The summed E-state index contributed by atoms with van der Waals surface area (Å²) >= 11 is 0. The highest BCUT2D eigenvalue weighted by molar-refractivity contribution is 5.94. The molecule has 118 valence electrons. The highest BCUT2D eigenvalue weighted by Crippen LogP contribution is 2.37. The zero-order valence-electron chi connectivity index (χ0n) is 12.6. The maximum Gasteiger partial charge on any atom is 0.257 e. The number of primary amides is 1. The van der Waals surface area contributed by atoms with Gasteiger partial charge in [0.2, 0.25) is 5.91 Å². The Morgan fingerprint density at radius 3 is 2.55 bits per heavy atom. The number of rotatable bonds is 5. The van der Waals surface area contributed by atoms with Crippen LogP contribution in [0.5, 0.6) is 0 Å². The third-order valence-corrected chi connectivity index (χ3v) is 4.30. The van der Waals surface area contributed by atoms with Crippen molar-refractivity contribution in [3.8, 4) is 0 Å². The van der Waals surface area contributed by atoms with Gasteiger partial charge in [0.25, 0.3) is 5.91 Å². The lowest BCUT2D eigenvalue weighted by Gasteiger charge is -2.15. The molecule has 2 N–H and O–H groups in total. The molecule has 7 heteroatoms. The lowest BCUT2D eigenvalue weighted by atomic mass is 10.0. The summed E-state index contributed by atoms with van der Waals surface area (Å²) in [6.45, 7) is 0.919. The number of nitrogens with two attached hydrogens (primary N) is 1. The Balaban J connectivity index is 1.67. The normalized spacial score (nSPS) is 24.5. The topological polar surface area (TPSA) is 98.4 Å². The van der Waals surface area contributed by atoms with E-state index in [0.717, 1.165) is 18.7 Å². The second kappa shape index (κ2) is 6.00. The van der Waals surface area contributed by atoms with Crippen molar-refractivity contribution in [2.75, 3.05) is 20.2 Å². The number of nitrogens with zero attached hydrogens (tertiary/aromatic N) is 3. The summed E-state index contributed by atoms with van der Waals surface area (Å²) in [5.74, 6) is 0.723. The van der Waals surface area contributed by atoms with Crippen LogP contribution in [0, 0.1) is 5.92 Å². The third-order valence-electron chi connectivity index (χ3n) is 4.30. The Bertz CT molecular complexity index is 571. The van der Waals surface area contributed by atoms with Crippen LogP contribution in [0.15, 0.2) is 12.4 Å². The number of methoxy groups -OCH3 is 1. The molecular weight excluding hydrogens is 284 g/mol. The second-order valence-electron chi connectivity index (χ2n) is 6.02. The van der Waals surface area contributed by atoms with E-state index in [1.54, 1.807) is 24.4 Å². The minimum absolute atomic E-state index is 0.0573. The van der Waals surface area contributed by atoms with Gasteiger partial charge in [-0.25, -0.2) is 9.97 Å². The number of carbonyl (C=O) groups excluding carboxylic acids is 2. The van der Waals surface area contributed by atoms with Gasteiger partial charge in [-0.3, -0.25) is 9.59 Å². The van der Waals surface area contributed by atoms with E-state index < -0.39 is 0 Å². The molecule has 0 spiro atoms. The molecule has 22 heavy (non-hydrogen) atoms. The fraction of sp³-hybridized carbons (Fsp3) is 0.600. The molecule has 1 aromatic heterocycles. The van der Waals surface area contributed by atoms with Crippen molar-refractivity contribution in [2.24, 2.45) is 11.7 Å². The number of ether oxygens (including phenoxy) is 1. The molecule has 1 aromatic rings. The van der Waals surface area contributed by atoms with E-state index in [2.05, 4.69) is 9.97 Å². The standard InChI is InChI=1S/C15H20N4O3/c1-22-12-8-19(7-10(12)4-13(16)20)15(21)11-5-17-14(18-6-11)9-2-3-9/h5-6,9-10,12H,2-4,7-8H2,1H3,(H2,16,20)/t10-,12-/m0/s1. The Hall–Kier alpha value is -2.02. The highest BCUT2D eigenvalue weighted by Gasteiger charge is 2.36. The van der Waals surface area contributed by atoms with Crippen LogP contribution < -0.4 is 5.73 Å². The Morgan fingerprint density at radius 1 is 1.32 bits per heavy atom. The molecule has 1 saturated carbocycles. The maximum absolute atomic E-state index is 12.5. The van der Waals surface area contributed by atoms with E-state index in [9.17, 15) is 9.59 Å². The van der Waals surface area contributed by atoms with Crippen molar-refractivity contribution in [1.82, 2.24) is 14.9 Å². The van der Waals surface area contributed by atoms with E-state index in [-0.39, 0.29) is 30.3 Å². The average Bonchev–Trinajstić information content (AvgIpc) is 3.28. The van der Waals surface area contributed by atoms with Crippen LogP contribution in [-0.2, 0) is 9.53 Å². The molecule has 0 aromatic carbocycles. The van der Waals surface area contributed by atoms with Gasteiger partial charge in [0, 0.05) is 50.8 Å². The first kappa shape index (κ1) is 14.9. The fourth-order valence-electron chi connectivity index (χ4n) is 2.91. The molecule has 3 rings (SSSR count). The number of likely N-dealkylation sites (tertiary alicyclic amines) is 1. The van der Waals surface area contributed by atoms with Crippen molar-refractivity contribution in [3.05, 3.63) is 23.8 Å². The number of aromatic nitrogens is 2. The van der Waals surface area contributed by atoms with Gasteiger partial charge >= 0.3 is 0 Å². The van der Waals surface area contributed by atoms with E-state index in [4.69, 9.17) is 10.5 Å². The Kier molecular flexibility index (Phi) is 4.06. The monoisotopic (exact) mass is 304 g/mol. The van der Waals surface area contributed by atoms with Crippen molar-refractivity contribution in [3.63, 3.8) is 0 Å². The minimum atomic E-state index is -0.376. The van der Waals surface area contributed by atoms with E-state index >= 15 is 0 Å². The van der Waals surface area contributed by atoms with Crippen LogP contribution in [0.3, 0.4) is 0 Å². The Labute approximate surface area is 128 Å². The SMILES string of the molecule is CO[C@H]1CN(C(=O)c2cnc(C3CC3)nc2)C[C@@H]1CC(N)=O. The number of hydrogen-bond acceptors (Lipinski definition) is 5. The van der Waals surface area contributed by atoms with Gasteiger partial charge in [0.15, 0.2) is 0 Å². The summed E-state index contributed by atoms with van der Waals surface area (Å²) in [4.78, 5) is 33.9. The number of amides is 2. The molecule has 2 atom stereocenters.